The summed E-state index contributed by atoms with van der Waals surface area (Å²) in [4.78, 5) is 9.31. The number of nitrogens with zero attached hydrogens (tertiary/aromatic N) is 2. The lowest BCUT2D eigenvalue weighted by Crippen LogP contribution is -1.98. The van der Waals surface area contributed by atoms with Crippen molar-refractivity contribution in [1.29, 1.82) is 0 Å². The Labute approximate surface area is 129 Å². The second-order valence-electron chi connectivity index (χ2n) is 5.12. The number of aromatic nitrogens is 1. The van der Waals surface area contributed by atoms with E-state index < -0.39 is 0 Å². The maximum absolute atomic E-state index is 6.02. The summed E-state index contributed by atoms with van der Waals surface area (Å²) < 4.78 is 1.15. The van der Waals surface area contributed by atoms with Crippen LogP contribution in [-0.4, -0.2) is 10.7 Å². The van der Waals surface area contributed by atoms with E-state index in [1.54, 1.807) is 11.3 Å². The smallest absolute Gasteiger partial charge is 0.144 e. The van der Waals surface area contributed by atoms with Crippen LogP contribution in [0.15, 0.2) is 46.6 Å². The molecule has 1 aromatic heterocycles. The summed E-state index contributed by atoms with van der Waals surface area (Å²) in [7, 11) is 0. The molecule has 0 aliphatic heterocycles. The van der Waals surface area contributed by atoms with Crippen molar-refractivity contribution in [3.63, 3.8) is 0 Å². The lowest BCUT2D eigenvalue weighted by atomic mass is 10.2. The highest BCUT2D eigenvalue weighted by molar-refractivity contribution is 7.19. The number of allylic oxidation sites excluding steroid dienone is 3. The third kappa shape index (κ3) is 3.79. The monoisotopic (exact) mass is 299 g/mol. The minimum Gasteiger partial charge on any atom is -0.400 e. The minimum absolute atomic E-state index is 0.691. The van der Waals surface area contributed by atoms with Gasteiger partial charge in [-0.1, -0.05) is 24.6 Å². The van der Waals surface area contributed by atoms with Gasteiger partial charge in [-0.25, -0.2) is 9.98 Å². The molecule has 0 aliphatic carbocycles. The van der Waals surface area contributed by atoms with Crippen molar-refractivity contribution in [3.8, 4) is 0 Å². The van der Waals surface area contributed by atoms with Gasteiger partial charge in [0.15, 0.2) is 0 Å². The van der Waals surface area contributed by atoms with Crippen LogP contribution in [-0.2, 0) is 0 Å². The molecule has 0 unspecified atom stereocenters. The first-order valence-corrected chi connectivity index (χ1v) is 7.87. The fourth-order valence-corrected chi connectivity index (χ4v) is 2.97. The van der Waals surface area contributed by atoms with Crippen LogP contribution in [0.1, 0.15) is 39.1 Å². The molecule has 0 amide bonds. The van der Waals surface area contributed by atoms with Gasteiger partial charge < -0.3 is 5.73 Å². The molecule has 0 fully saturated rings. The molecule has 0 bridgehead atoms. The van der Waals surface area contributed by atoms with Gasteiger partial charge in [-0.05, 0) is 45.4 Å². The van der Waals surface area contributed by atoms with E-state index in [0.717, 1.165) is 33.1 Å². The summed E-state index contributed by atoms with van der Waals surface area (Å²) in [5, 5.41) is 0.873. The van der Waals surface area contributed by atoms with E-state index in [9.17, 15) is 0 Å². The minimum atomic E-state index is 0.691. The predicted molar refractivity (Wildman–Crippen MR) is 93.6 cm³/mol. The van der Waals surface area contributed by atoms with Gasteiger partial charge in [0.1, 0.15) is 10.7 Å². The zero-order valence-corrected chi connectivity index (χ0v) is 13.8. The highest BCUT2D eigenvalue weighted by Gasteiger charge is 2.10. The van der Waals surface area contributed by atoms with Crippen LogP contribution >= 0.6 is 11.3 Å². The number of para-hydroxylation sites is 1. The summed E-state index contributed by atoms with van der Waals surface area (Å²) in [6.45, 7) is 8.11. The molecule has 3 nitrogen and oxygen atoms in total. The van der Waals surface area contributed by atoms with Crippen molar-refractivity contribution in [1.82, 2.24) is 4.98 Å². The van der Waals surface area contributed by atoms with Gasteiger partial charge in [0.25, 0.3) is 0 Å². The van der Waals surface area contributed by atoms with E-state index in [1.165, 1.54) is 5.57 Å². The van der Waals surface area contributed by atoms with Gasteiger partial charge in [0.2, 0.25) is 0 Å². The number of rotatable bonds is 4. The van der Waals surface area contributed by atoms with E-state index in [0.29, 0.717) is 5.70 Å². The molecule has 0 radical (unpaired) electrons. The SMILES string of the molecule is CC/C(C)=C/C(C)=N\C(=C(/C)N)c1nc2ccccc2s1. The average Bonchev–Trinajstić information content (AvgIpc) is 2.87. The largest absolute Gasteiger partial charge is 0.400 e. The van der Waals surface area contributed by atoms with Crippen molar-refractivity contribution < 1.29 is 0 Å². The number of hydrogen-bond donors (Lipinski definition) is 1. The van der Waals surface area contributed by atoms with Gasteiger partial charge in [-0.3, -0.25) is 0 Å². The Morgan fingerprint density at radius 1 is 1.29 bits per heavy atom. The first kappa shape index (κ1) is 15.4. The highest BCUT2D eigenvalue weighted by atomic mass is 32.1. The van der Waals surface area contributed by atoms with Crippen molar-refractivity contribution >= 4 is 33.0 Å². The highest BCUT2D eigenvalue weighted by Crippen LogP contribution is 2.28. The van der Waals surface area contributed by atoms with Gasteiger partial charge in [-0.2, -0.15) is 0 Å². The van der Waals surface area contributed by atoms with Gasteiger partial charge in [0.05, 0.1) is 10.2 Å². The second kappa shape index (κ2) is 6.68. The molecular weight excluding hydrogens is 278 g/mol. The Morgan fingerprint density at radius 3 is 2.62 bits per heavy atom. The van der Waals surface area contributed by atoms with Crippen molar-refractivity contribution in [2.24, 2.45) is 10.7 Å². The van der Waals surface area contributed by atoms with Gasteiger partial charge in [-0.15, -0.1) is 11.3 Å². The van der Waals surface area contributed by atoms with Crippen LogP contribution in [0.2, 0.25) is 0 Å². The second-order valence-corrected chi connectivity index (χ2v) is 6.15. The van der Waals surface area contributed by atoms with Crippen LogP contribution in [0.5, 0.6) is 0 Å². The molecule has 0 spiro atoms. The molecule has 0 atom stereocenters. The first-order chi connectivity index (χ1) is 10.0. The molecule has 0 aliphatic rings. The fourth-order valence-electron chi connectivity index (χ4n) is 1.95. The van der Waals surface area contributed by atoms with E-state index >= 15 is 0 Å². The zero-order valence-electron chi connectivity index (χ0n) is 13.0. The maximum Gasteiger partial charge on any atom is 0.144 e. The van der Waals surface area contributed by atoms with Crippen LogP contribution in [0.3, 0.4) is 0 Å². The first-order valence-electron chi connectivity index (χ1n) is 7.06. The molecule has 4 heteroatoms. The lowest BCUT2D eigenvalue weighted by molar-refractivity contribution is 1.10. The normalized spacial score (nSPS) is 14.5. The molecule has 0 saturated heterocycles. The molecule has 1 aromatic carbocycles. The van der Waals surface area contributed by atoms with Crippen molar-refractivity contribution in [3.05, 3.63) is 46.6 Å². The number of thiazole rings is 1. The van der Waals surface area contributed by atoms with Crippen LogP contribution in [0, 0.1) is 0 Å². The molecule has 0 saturated carbocycles. The number of fused-ring (bicyclic) bond motifs is 1. The zero-order chi connectivity index (χ0) is 15.4. The van der Waals surface area contributed by atoms with Crippen LogP contribution in [0.25, 0.3) is 15.9 Å². The molecular formula is C17H21N3S. The quantitative estimate of drug-likeness (QED) is 0.827. The number of nitrogens with two attached hydrogens (primary N) is 1. The molecule has 21 heavy (non-hydrogen) atoms. The fraction of sp³-hybridized carbons (Fsp3) is 0.294. The summed E-state index contributed by atoms with van der Waals surface area (Å²) in [6.07, 6.45) is 3.12. The average molecular weight is 299 g/mol. The third-order valence-electron chi connectivity index (χ3n) is 3.17. The van der Waals surface area contributed by atoms with Gasteiger partial charge >= 0.3 is 0 Å². The van der Waals surface area contributed by atoms with E-state index in [4.69, 9.17) is 5.73 Å². The predicted octanol–water partition coefficient (Wildman–Crippen LogP) is 4.76. The van der Waals surface area contributed by atoms with Crippen LogP contribution in [0.4, 0.5) is 0 Å². The Kier molecular flexibility index (Phi) is 4.91. The third-order valence-corrected chi connectivity index (χ3v) is 4.21. The van der Waals surface area contributed by atoms with Crippen LogP contribution < -0.4 is 5.73 Å². The van der Waals surface area contributed by atoms with E-state index in [2.05, 4.69) is 36.0 Å². The molecule has 2 aromatic rings. The van der Waals surface area contributed by atoms with Crippen molar-refractivity contribution in [2.45, 2.75) is 34.1 Å². The topological polar surface area (TPSA) is 51.3 Å². The molecule has 110 valence electrons. The molecule has 1 heterocycles. The van der Waals surface area contributed by atoms with Gasteiger partial charge in [0, 0.05) is 11.4 Å². The summed E-state index contributed by atoms with van der Waals surface area (Å²) in [6, 6.07) is 8.09. The summed E-state index contributed by atoms with van der Waals surface area (Å²) in [5.74, 6) is 0. The Morgan fingerprint density at radius 2 is 2.00 bits per heavy atom. The Balaban J connectivity index is 2.45. The van der Waals surface area contributed by atoms with E-state index in [-0.39, 0.29) is 0 Å². The van der Waals surface area contributed by atoms with E-state index in [1.807, 2.05) is 32.0 Å². The number of benzene rings is 1. The summed E-state index contributed by atoms with van der Waals surface area (Å²) >= 11 is 1.62. The lowest BCUT2D eigenvalue weighted by Gasteiger charge is -2.02. The maximum atomic E-state index is 6.02. The molecule has 2 rings (SSSR count). The standard InChI is InChI=1S/C17H21N3S/c1-5-11(2)10-12(3)19-16(13(4)18)17-20-14-8-6-7-9-15(14)21-17/h6-10H,5,18H2,1-4H3/b11-10+,16-13+,19-12-. The van der Waals surface area contributed by atoms with Crippen molar-refractivity contribution in [2.75, 3.05) is 0 Å². The Hall–Kier alpha value is -1.94. The number of aliphatic imine (C=N–C) groups is 1. The number of hydrogen-bond acceptors (Lipinski definition) is 4. The Bertz CT molecular complexity index is 698. The summed E-state index contributed by atoms with van der Waals surface area (Å²) in [5.41, 5.74) is 10.7. The molecule has 2 N–H and O–H groups in total.